The normalized spacial score (nSPS) is 14.1. The highest BCUT2D eigenvalue weighted by Crippen LogP contribution is 2.31. The zero-order valence-electron chi connectivity index (χ0n) is 15.5. The van der Waals surface area contributed by atoms with Crippen molar-refractivity contribution in [2.75, 3.05) is 11.1 Å². The Morgan fingerprint density at radius 3 is 2.72 bits per heavy atom. The van der Waals surface area contributed by atoms with Crippen molar-refractivity contribution in [3.05, 3.63) is 48.4 Å². The van der Waals surface area contributed by atoms with Crippen LogP contribution in [0.15, 0.2) is 47.8 Å². The first-order chi connectivity index (χ1) is 14.2. The molecule has 1 aliphatic rings. The van der Waals surface area contributed by atoms with Gasteiger partial charge in [0.05, 0.1) is 23.7 Å². The summed E-state index contributed by atoms with van der Waals surface area (Å²) in [5.41, 5.74) is 0.553. The molecular formula is C19H19FN6O2S. The lowest BCUT2D eigenvalue weighted by Gasteiger charge is -2.10. The molecule has 1 amide bonds. The van der Waals surface area contributed by atoms with E-state index in [0.717, 1.165) is 12.8 Å². The number of carbonyl (C=O) groups is 1. The van der Waals surface area contributed by atoms with Gasteiger partial charge in [0.2, 0.25) is 16.9 Å². The molecule has 0 unspecified atom stereocenters. The van der Waals surface area contributed by atoms with E-state index >= 15 is 0 Å². The van der Waals surface area contributed by atoms with Crippen molar-refractivity contribution in [1.29, 1.82) is 0 Å². The number of hydrogen-bond acceptors (Lipinski definition) is 7. The summed E-state index contributed by atoms with van der Waals surface area (Å²) in [6.07, 6.45) is 6.02. The Bertz CT molecular complexity index is 958. The number of pyridine rings is 1. The molecule has 1 N–H and O–H groups in total. The van der Waals surface area contributed by atoms with Crippen molar-refractivity contribution in [1.82, 2.24) is 25.2 Å². The molecule has 0 spiro atoms. The molecule has 0 bridgehead atoms. The van der Waals surface area contributed by atoms with E-state index in [1.54, 1.807) is 12.1 Å². The van der Waals surface area contributed by atoms with Gasteiger partial charge in [0, 0.05) is 6.07 Å². The maximum Gasteiger partial charge on any atom is 0.234 e. The lowest BCUT2D eigenvalue weighted by molar-refractivity contribution is -0.113. The molecule has 10 heteroatoms. The lowest BCUT2D eigenvalue weighted by Crippen LogP contribution is -2.15. The van der Waals surface area contributed by atoms with E-state index in [1.165, 1.54) is 55.1 Å². The average molecular weight is 414 g/mol. The van der Waals surface area contributed by atoms with Crippen molar-refractivity contribution in [2.45, 2.75) is 36.9 Å². The van der Waals surface area contributed by atoms with Crippen LogP contribution in [0.1, 0.15) is 31.7 Å². The summed E-state index contributed by atoms with van der Waals surface area (Å²) in [6, 6.07) is 9.30. The summed E-state index contributed by atoms with van der Waals surface area (Å²) >= 11 is 1.31. The van der Waals surface area contributed by atoms with Crippen LogP contribution in [-0.2, 0) is 4.79 Å². The minimum Gasteiger partial charge on any atom is -0.439 e. The number of thioether (sulfide) groups is 1. The number of ether oxygens (including phenoxy) is 1. The number of nitrogens with one attached hydrogen (secondary N) is 1. The SMILES string of the molecule is O=C(CSc1nnnn1C1CCCC1)Nc1ccc(Oc2ccc(F)cc2)nc1. The summed E-state index contributed by atoms with van der Waals surface area (Å²) in [4.78, 5) is 16.4. The van der Waals surface area contributed by atoms with E-state index in [2.05, 4.69) is 25.8 Å². The number of anilines is 1. The number of benzene rings is 1. The van der Waals surface area contributed by atoms with Crippen molar-refractivity contribution in [3.63, 3.8) is 0 Å². The number of halogens is 1. The fourth-order valence-corrected chi connectivity index (χ4v) is 3.87. The Morgan fingerprint density at radius 2 is 2.00 bits per heavy atom. The van der Waals surface area contributed by atoms with Gasteiger partial charge < -0.3 is 10.1 Å². The van der Waals surface area contributed by atoms with Crippen LogP contribution >= 0.6 is 11.8 Å². The minimum atomic E-state index is -0.335. The summed E-state index contributed by atoms with van der Waals surface area (Å²) in [7, 11) is 0. The Kier molecular flexibility index (Phi) is 5.99. The zero-order valence-corrected chi connectivity index (χ0v) is 16.3. The number of hydrogen-bond donors (Lipinski definition) is 1. The molecule has 1 fully saturated rings. The quantitative estimate of drug-likeness (QED) is 0.587. The van der Waals surface area contributed by atoms with Crippen molar-refractivity contribution < 1.29 is 13.9 Å². The molecule has 0 atom stereocenters. The standard InChI is InChI=1S/C19H19FN6O2S/c20-13-5-8-16(9-6-13)28-18-10-7-14(11-21-18)22-17(27)12-29-19-23-24-25-26(19)15-3-1-2-4-15/h5-11,15H,1-4,12H2,(H,22,27). The second-order valence-electron chi connectivity index (χ2n) is 6.62. The molecule has 1 saturated carbocycles. The van der Waals surface area contributed by atoms with Gasteiger partial charge in [-0.15, -0.1) is 5.10 Å². The third-order valence-corrected chi connectivity index (χ3v) is 5.46. The van der Waals surface area contributed by atoms with Gasteiger partial charge in [0.15, 0.2) is 0 Å². The van der Waals surface area contributed by atoms with Gasteiger partial charge in [0.25, 0.3) is 0 Å². The van der Waals surface area contributed by atoms with Crippen LogP contribution in [0.5, 0.6) is 11.6 Å². The first-order valence-corrected chi connectivity index (χ1v) is 10.3. The maximum absolute atomic E-state index is 12.9. The van der Waals surface area contributed by atoms with Crippen LogP contribution in [0.2, 0.25) is 0 Å². The average Bonchev–Trinajstić information content (AvgIpc) is 3.41. The predicted molar refractivity (Wildman–Crippen MR) is 105 cm³/mol. The Morgan fingerprint density at radius 1 is 1.21 bits per heavy atom. The summed E-state index contributed by atoms with van der Waals surface area (Å²) in [5.74, 6) is 0.510. The van der Waals surface area contributed by atoms with Gasteiger partial charge in [-0.3, -0.25) is 4.79 Å². The highest BCUT2D eigenvalue weighted by Gasteiger charge is 2.22. The summed E-state index contributed by atoms with van der Waals surface area (Å²) in [6.45, 7) is 0. The van der Waals surface area contributed by atoms with Gasteiger partial charge in [-0.1, -0.05) is 24.6 Å². The van der Waals surface area contributed by atoms with Gasteiger partial charge in [-0.2, -0.15) is 0 Å². The van der Waals surface area contributed by atoms with Gasteiger partial charge >= 0.3 is 0 Å². The number of nitrogens with zero attached hydrogens (tertiary/aromatic N) is 5. The molecule has 3 aromatic rings. The van der Waals surface area contributed by atoms with E-state index in [-0.39, 0.29) is 17.5 Å². The third-order valence-electron chi connectivity index (χ3n) is 4.52. The second kappa shape index (κ2) is 8.99. The third kappa shape index (κ3) is 5.08. The van der Waals surface area contributed by atoms with Crippen LogP contribution in [-0.4, -0.2) is 36.9 Å². The Hall–Kier alpha value is -3.01. The van der Waals surface area contributed by atoms with Crippen LogP contribution in [0.25, 0.3) is 0 Å². The molecule has 150 valence electrons. The highest BCUT2D eigenvalue weighted by atomic mass is 32.2. The summed E-state index contributed by atoms with van der Waals surface area (Å²) in [5, 5.41) is 15.3. The fraction of sp³-hybridized carbons (Fsp3) is 0.316. The van der Waals surface area contributed by atoms with Crippen molar-refractivity contribution in [3.8, 4) is 11.6 Å². The lowest BCUT2D eigenvalue weighted by atomic mass is 10.3. The molecule has 0 radical (unpaired) electrons. The predicted octanol–water partition coefficient (Wildman–Crippen LogP) is 3.85. The van der Waals surface area contributed by atoms with Crippen LogP contribution in [0.3, 0.4) is 0 Å². The maximum atomic E-state index is 12.9. The van der Waals surface area contributed by atoms with Crippen molar-refractivity contribution in [2.24, 2.45) is 0 Å². The fourth-order valence-electron chi connectivity index (χ4n) is 3.12. The number of amides is 1. The number of tetrazole rings is 1. The minimum absolute atomic E-state index is 0.176. The number of rotatable bonds is 7. The van der Waals surface area contributed by atoms with Crippen LogP contribution < -0.4 is 10.1 Å². The molecular weight excluding hydrogens is 395 g/mol. The Balaban J connectivity index is 1.28. The smallest absolute Gasteiger partial charge is 0.234 e. The molecule has 0 aliphatic heterocycles. The van der Waals surface area contributed by atoms with Gasteiger partial charge in [-0.05, 0) is 53.6 Å². The Labute approximate surface area is 170 Å². The van der Waals surface area contributed by atoms with E-state index in [0.29, 0.717) is 28.5 Å². The molecule has 8 nitrogen and oxygen atoms in total. The van der Waals surface area contributed by atoms with Gasteiger partial charge in [0.1, 0.15) is 11.6 Å². The molecule has 1 aromatic carbocycles. The molecule has 1 aliphatic carbocycles. The molecule has 2 heterocycles. The monoisotopic (exact) mass is 414 g/mol. The van der Waals surface area contributed by atoms with E-state index in [1.807, 2.05) is 4.68 Å². The van der Waals surface area contributed by atoms with Gasteiger partial charge in [-0.25, -0.2) is 14.1 Å². The molecule has 2 aromatic heterocycles. The zero-order chi connectivity index (χ0) is 20.1. The molecule has 29 heavy (non-hydrogen) atoms. The topological polar surface area (TPSA) is 94.8 Å². The largest absolute Gasteiger partial charge is 0.439 e. The molecule has 0 saturated heterocycles. The van der Waals surface area contributed by atoms with E-state index < -0.39 is 0 Å². The van der Waals surface area contributed by atoms with E-state index in [9.17, 15) is 9.18 Å². The summed E-state index contributed by atoms with van der Waals surface area (Å²) < 4.78 is 20.3. The number of carbonyl (C=O) groups excluding carboxylic acids is 1. The van der Waals surface area contributed by atoms with E-state index in [4.69, 9.17) is 4.74 Å². The molecule has 4 rings (SSSR count). The van der Waals surface area contributed by atoms with Crippen LogP contribution in [0.4, 0.5) is 10.1 Å². The van der Waals surface area contributed by atoms with Crippen LogP contribution in [0, 0.1) is 5.82 Å². The first kappa shape index (κ1) is 19.3. The van der Waals surface area contributed by atoms with Crippen molar-refractivity contribution >= 4 is 23.4 Å². The first-order valence-electron chi connectivity index (χ1n) is 9.27. The highest BCUT2D eigenvalue weighted by molar-refractivity contribution is 7.99. The second-order valence-corrected chi connectivity index (χ2v) is 7.56. The number of aromatic nitrogens is 5.